The highest BCUT2D eigenvalue weighted by atomic mass is 79.9. The normalized spacial score (nSPS) is 19.1. The van der Waals surface area contributed by atoms with E-state index in [1.807, 2.05) is 23.0 Å². The van der Waals surface area contributed by atoms with Crippen molar-refractivity contribution < 1.29 is 14.6 Å². The highest BCUT2D eigenvalue weighted by molar-refractivity contribution is 9.10. The molecule has 0 amide bonds. The average molecular weight is 340 g/mol. The van der Waals surface area contributed by atoms with Gasteiger partial charge in [-0.1, -0.05) is 22.0 Å². The first-order valence-electron chi connectivity index (χ1n) is 6.91. The lowest BCUT2D eigenvalue weighted by Crippen LogP contribution is -2.34. The van der Waals surface area contributed by atoms with Gasteiger partial charge >= 0.3 is 13.0 Å². The van der Waals surface area contributed by atoms with E-state index < -0.39 is 7.05 Å². The molecule has 0 spiro atoms. The summed E-state index contributed by atoms with van der Waals surface area (Å²) in [6.07, 6.45) is 0.943. The van der Waals surface area contributed by atoms with E-state index in [4.69, 9.17) is 4.74 Å². The Hall–Kier alpha value is -0.845. The molecule has 108 valence electrons. The fraction of sp³-hybridized carbons (Fsp3) is 0.500. The summed E-state index contributed by atoms with van der Waals surface area (Å²) >= 11 is 3.40. The van der Waals surface area contributed by atoms with E-state index in [0.29, 0.717) is 12.2 Å². The molecule has 0 aliphatic carbocycles. The molecule has 1 unspecified atom stereocenters. The monoisotopic (exact) mass is 339 g/mol. The van der Waals surface area contributed by atoms with Crippen molar-refractivity contribution in [3.8, 4) is 0 Å². The smallest absolute Gasteiger partial charge is 0.376 e. The molecule has 1 aliphatic rings. The van der Waals surface area contributed by atoms with Crippen LogP contribution in [0.2, 0.25) is 6.82 Å². The molecule has 1 heterocycles. The lowest BCUT2D eigenvalue weighted by Gasteiger charge is -2.18. The van der Waals surface area contributed by atoms with Crippen LogP contribution in [0.4, 0.5) is 0 Å². The summed E-state index contributed by atoms with van der Waals surface area (Å²) in [4.78, 5) is 14.1. The van der Waals surface area contributed by atoms with Crippen molar-refractivity contribution in [1.82, 2.24) is 4.81 Å². The number of esters is 1. The Kier molecular flexibility index (Phi) is 5.24. The number of carbonyl (C=O) groups is 1. The molecule has 1 saturated heterocycles. The van der Waals surface area contributed by atoms with Crippen LogP contribution in [0, 0.1) is 0 Å². The van der Waals surface area contributed by atoms with E-state index >= 15 is 0 Å². The first kappa shape index (κ1) is 15.5. The van der Waals surface area contributed by atoms with E-state index in [-0.39, 0.29) is 11.9 Å². The quantitative estimate of drug-likeness (QED) is 0.676. The van der Waals surface area contributed by atoms with Crippen molar-refractivity contribution in [2.45, 2.75) is 26.1 Å². The predicted octanol–water partition coefficient (Wildman–Crippen LogP) is 2.53. The summed E-state index contributed by atoms with van der Waals surface area (Å²) < 4.78 is 6.00. The van der Waals surface area contributed by atoms with Crippen molar-refractivity contribution in [3.05, 3.63) is 33.8 Å². The fourth-order valence-electron chi connectivity index (χ4n) is 2.65. The Balaban J connectivity index is 2.25. The van der Waals surface area contributed by atoms with Gasteiger partial charge in [-0.2, -0.15) is 0 Å². The second-order valence-electron chi connectivity index (χ2n) is 5.06. The molecule has 2 rings (SSSR count). The van der Waals surface area contributed by atoms with Gasteiger partial charge < -0.3 is 14.6 Å². The van der Waals surface area contributed by atoms with Gasteiger partial charge in [-0.15, -0.1) is 0 Å². The Bertz CT molecular complexity index is 495. The summed E-state index contributed by atoms with van der Waals surface area (Å²) in [7, 11) is -0.443. The van der Waals surface area contributed by atoms with Crippen LogP contribution in [0.1, 0.15) is 35.2 Å². The van der Waals surface area contributed by atoms with Crippen LogP contribution in [0.15, 0.2) is 22.7 Å². The summed E-state index contributed by atoms with van der Waals surface area (Å²) in [6.45, 7) is 5.57. The Labute approximate surface area is 128 Å². The minimum absolute atomic E-state index is 0.261. The largest absolute Gasteiger partial charge is 0.462 e. The Morgan fingerprint density at radius 3 is 2.95 bits per heavy atom. The van der Waals surface area contributed by atoms with Crippen LogP contribution in [-0.2, 0) is 4.74 Å². The first-order chi connectivity index (χ1) is 9.52. The molecule has 20 heavy (non-hydrogen) atoms. The number of benzene rings is 1. The number of nitrogens with zero attached hydrogens (tertiary/aromatic N) is 1. The molecule has 4 nitrogen and oxygen atoms in total. The second kappa shape index (κ2) is 6.74. The van der Waals surface area contributed by atoms with E-state index in [1.54, 1.807) is 13.7 Å². The zero-order chi connectivity index (χ0) is 14.7. The van der Waals surface area contributed by atoms with Gasteiger partial charge in [0.1, 0.15) is 0 Å². The molecule has 6 heteroatoms. The maximum Gasteiger partial charge on any atom is 0.376 e. The van der Waals surface area contributed by atoms with Crippen molar-refractivity contribution >= 4 is 28.9 Å². The molecule has 1 atom stereocenters. The molecule has 0 saturated carbocycles. The third-order valence-corrected chi connectivity index (χ3v) is 4.19. The molecule has 0 aromatic heterocycles. The summed E-state index contributed by atoms with van der Waals surface area (Å²) in [5.41, 5.74) is 1.63. The van der Waals surface area contributed by atoms with Gasteiger partial charge in [0, 0.05) is 4.47 Å². The number of rotatable bonds is 4. The van der Waals surface area contributed by atoms with Crippen molar-refractivity contribution in [1.29, 1.82) is 0 Å². The molecule has 1 fully saturated rings. The lowest BCUT2D eigenvalue weighted by molar-refractivity contribution is 0.0524. The number of carbonyl (C=O) groups excluding carboxylic acids is 1. The standard InChI is InChI=1S/C14H19BBrNO3/c1-3-20-14(18)13-8-11(16)4-5-12(13)10-6-7-17(9-10)15(2)19/h4-5,8,10,19H,3,6-7,9H2,1-2H3. The fourth-order valence-corrected chi connectivity index (χ4v) is 3.01. The summed E-state index contributed by atoms with van der Waals surface area (Å²) in [6, 6.07) is 5.74. The van der Waals surface area contributed by atoms with E-state index in [1.165, 1.54) is 0 Å². The predicted molar refractivity (Wildman–Crippen MR) is 82.9 cm³/mol. The molecule has 1 aliphatic heterocycles. The van der Waals surface area contributed by atoms with Gasteiger partial charge in [0.05, 0.1) is 12.2 Å². The van der Waals surface area contributed by atoms with Gasteiger partial charge in [0.15, 0.2) is 0 Å². The maximum atomic E-state index is 12.1. The Morgan fingerprint density at radius 2 is 2.35 bits per heavy atom. The molecule has 0 radical (unpaired) electrons. The van der Waals surface area contributed by atoms with E-state index in [2.05, 4.69) is 15.9 Å². The number of hydrogen-bond donors (Lipinski definition) is 1. The molecule has 0 bridgehead atoms. The van der Waals surface area contributed by atoms with Crippen LogP contribution < -0.4 is 0 Å². The molecule has 1 aromatic carbocycles. The second-order valence-corrected chi connectivity index (χ2v) is 5.98. The average Bonchev–Trinajstić information content (AvgIpc) is 2.88. The SMILES string of the molecule is CCOC(=O)c1cc(Br)ccc1C1CCN(B(C)O)C1. The van der Waals surface area contributed by atoms with Crippen molar-refractivity contribution in [2.24, 2.45) is 0 Å². The van der Waals surface area contributed by atoms with E-state index in [9.17, 15) is 9.82 Å². The van der Waals surface area contributed by atoms with Crippen LogP contribution >= 0.6 is 15.9 Å². The molecule has 1 N–H and O–H groups in total. The van der Waals surface area contributed by atoms with Crippen LogP contribution in [0.3, 0.4) is 0 Å². The molecular formula is C14H19BBrNO3. The third-order valence-electron chi connectivity index (χ3n) is 3.70. The highest BCUT2D eigenvalue weighted by Crippen LogP contribution is 2.31. The van der Waals surface area contributed by atoms with Crippen LogP contribution in [0.25, 0.3) is 0 Å². The van der Waals surface area contributed by atoms with E-state index in [0.717, 1.165) is 29.5 Å². The number of halogens is 1. The minimum atomic E-state index is -0.443. The molecule has 1 aromatic rings. The summed E-state index contributed by atoms with van der Waals surface area (Å²) in [5, 5.41) is 9.65. The van der Waals surface area contributed by atoms with Crippen molar-refractivity contribution in [2.75, 3.05) is 19.7 Å². The lowest BCUT2D eigenvalue weighted by atomic mass is 9.85. The topological polar surface area (TPSA) is 49.8 Å². The molecular weight excluding hydrogens is 321 g/mol. The van der Waals surface area contributed by atoms with Gasteiger partial charge in [0.2, 0.25) is 0 Å². The Morgan fingerprint density at radius 1 is 1.60 bits per heavy atom. The van der Waals surface area contributed by atoms with Gasteiger partial charge in [0.25, 0.3) is 0 Å². The number of ether oxygens (including phenoxy) is 1. The maximum absolute atomic E-state index is 12.1. The van der Waals surface area contributed by atoms with Gasteiger partial charge in [-0.05, 0) is 56.9 Å². The minimum Gasteiger partial charge on any atom is -0.462 e. The van der Waals surface area contributed by atoms with Gasteiger partial charge in [-0.25, -0.2) is 4.79 Å². The van der Waals surface area contributed by atoms with Crippen LogP contribution in [0.5, 0.6) is 0 Å². The number of hydrogen-bond acceptors (Lipinski definition) is 4. The zero-order valence-corrected chi connectivity index (χ0v) is 13.4. The van der Waals surface area contributed by atoms with Gasteiger partial charge in [-0.3, -0.25) is 0 Å². The first-order valence-corrected chi connectivity index (χ1v) is 7.71. The highest BCUT2D eigenvalue weighted by Gasteiger charge is 2.30. The third kappa shape index (κ3) is 3.43. The van der Waals surface area contributed by atoms with Crippen LogP contribution in [-0.4, -0.2) is 42.6 Å². The summed E-state index contributed by atoms with van der Waals surface area (Å²) in [5.74, 6) is -0.0172. The zero-order valence-electron chi connectivity index (χ0n) is 11.8. The van der Waals surface area contributed by atoms with Crippen molar-refractivity contribution in [3.63, 3.8) is 0 Å².